The largest absolute Gasteiger partial charge is 0.508 e. The van der Waals surface area contributed by atoms with Crippen molar-refractivity contribution >= 4 is 27.5 Å². The Kier molecular flexibility index (Phi) is 3.07. The van der Waals surface area contributed by atoms with Gasteiger partial charge in [0, 0.05) is 5.02 Å². The highest BCUT2D eigenvalue weighted by molar-refractivity contribution is 9.10. The Morgan fingerprint density at radius 1 is 0.818 bits per heavy atom. The molecule has 0 bridgehead atoms. The van der Waals surface area contributed by atoms with Gasteiger partial charge in [0.2, 0.25) is 0 Å². The average molecular weight is 372 g/mol. The van der Waals surface area contributed by atoms with E-state index in [1.54, 1.807) is 6.07 Å². The number of aromatic hydroxyl groups is 1. The van der Waals surface area contributed by atoms with Crippen molar-refractivity contribution < 1.29 is 5.11 Å². The Bertz CT molecular complexity index is 873. The van der Waals surface area contributed by atoms with Crippen LogP contribution in [0.3, 0.4) is 0 Å². The molecule has 0 saturated carbocycles. The Morgan fingerprint density at radius 3 is 2.27 bits per heavy atom. The summed E-state index contributed by atoms with van der Waals surface area (Å²) >= 11 is 9.99. The Hall–Kier alpha value is -1.77. The van der Waals surface area contributed by atoms with E-state index in [1.807, 2.05) is 48.5 Å². The second kappa shape index (κ2) is 4.87. The molecule has 0 fully saturated rings. The third-order valence-electron chi connectivity index (χ3n) is 4.20. The van der Waals surface area contributed by atoms with Gasteiger partial charge in [-0.05, 0) is 52.1 Å². The topological polar surface area (TPSA) is 20.2 Å². The zero-order valence-electron chi connectivity index (χ0n) is 11.6. The van der Waals surface area contributed by atoms with Gasteiger partial charge >= 0.3 is 0 Å². The van der Waals surface area contributed by atoms with Crippen LogP contribution in [0.1, 0.15) is 16.7 Å². The number of rotatable bonds is 1. The van der Waals surface area contributed by atoms with Crippen molar-refractivity contribution in [2.75, 3.05) is 0 Å². The van der Waals surface area contributed by atoms with Crippen molar-refractivity contribution in [2.45, 2.75) is 4.32 Å². The van der Waals surface area contributed by atoms with Crippen LogP contribution in [-0.2, 0) is 4.32 Å². The Balaban J connectivity index is 2.07. The van der Waals surface area contributed by atoms with Gasteiger partial charge < -0.3 is 5.11 Å². The molecular formula is C19H12BrClO. The summed E-state index contributed by atoms with van der Waals surface area (Å²) in [6.07, 6.45) is 0. The maximum absolute atomic E-state index is 9.96. The highest BCUT2D eigenvalue weighted by Gasteiger charge is 2.42. The van der Waals surface area contributed by atoms with Gasteiger partial charge in [0.25, 0.3) is 0 Å². The van der Waals surface area contributed by atoms with Crippen LogP contribution in [0.5, 0.6) is 5.75 Å². The van der Waals surface area contributed by atoms with E-state index in [2.05, 4.69) is 28.1 Å². The lowest BCUT2D eigenvalue weighted by atomic mass is 9.89. The Labute approximate surface area is 142 Å². The molecule has 3 aromatic rings. The van der Waals surface area contributed by atoms with Gasteiger partial charge in [-0.3, -0.25) is 0 Å². The molecule has 4 rings (SSSR count). The zero-order chi connectivity index (χ0) is 15.3. The number of fused-ring (bicyclic) bond motifs is 3. The average Bonchev–Trinajstić information content (AvgIpc) is 2.79. The van der Waals surface area contributed by atoms with Gasteiger partial charge in [-0.25, -0.2) is 0 Å². The van der Waals surface area contributed by atoms with E-state index >= 15 is 0 Å². The zero-order valence-corrected chi connectivity index (χ0v) is 13.9. The van der Waals surface area contributed by atoms with Crippen molar-refractivity contribution in [2.24, 2.45) is 0 Å². The quantitative estimate of drug-likeness (QED) is 0.543. The molecule has 1 nitrogen and oxygen atoms in total. The lowest BCUT2D eigenvalue weighted by molar-refractivity contribution is 0.474. The molecule has 22 heavy (non-hydrogen) atoms. The first kappa shape index (κ1) is 13.9. The lowest BCUT2D eigenvalue weighted by Crippen LogP contribution is -2.18. The maximum atomic E-state index is 9.96. The summed E-state index contributed by atoms with van der Waals surface area (Å²) < 4.78 is -0.470. The SMILES string of the molecule is Oc1ccc2c(c1)C(Br)(c1ccc(Cl)cc1)c1ccccc1-2. The van der Waals surface area contributed by atoms with Gasteiger partial charge in [0.1, 0.15) is 10.1 Å². The van der Waals surface area contributed by atoms with E-state index in [0.29, 0.717) is 5.02 Å². The number of hydrogen-bond donors (Lipinski definition) is 1. The minimum Gasteiger partial charge on any atom is -0.508 e. The first-order chi connectivity index (χ1) is 10.6. The van der Waals surface area contributed by atoms with Crippen LogP contribution in [0, 0.1) is 0 Å². The van der Waals surface area contributed by atoms with E-state index in [1.165, 1.54) is 11.1 Å². The summed E-state index contributed by atoms with van der Waals surface area (Å²) in [5.74, 6) is 0.268. The highest BCUT2D eigenvalue weighted by atomic mass is 79.9. The van der Waals surface area contributed by atoms with E-state index in [4.69, 9.17) is 11.6 Å². The molecule has 108 valence electrons. The van der Waals surface area contributed by atoms with Gasteiger partial charge in [-0.1, -0.05) is 70.0 Å². The summed E-state index contributed by atoms with van der Waals surface area (Å²) in [5, 5.41) is 10.7. The number of phenols is 1. The summed E-state index contributed by atoms with van der Waals surface area (Å²) in [6, 6.07) is 21.7. The monoisotopic (exact) mass is 370 g/mol. The molecule has 0 aromatic heterocycles. The van der Waals surface area contributed by atoms with Crippen LogP contribution in [0.15, 0.2) is 66.7 Å². The number of benzene rings is 3. The number of alkyl halides is 1. The lowest BCUT2D eigenvalue weighted by Gasteiger charge is -2.26. The van der Waals surface area contributed by atoms with E-state index in [-0.39, 0.29) is 5.75 Å². The van der Waals surface area contributed by atoms with E-state index in [0.717, 1.165) is 16.7 Å². The second-order valence-corrected chi connectivity index (χ2v) is 7.07. The first-order valence-electron chi connectivity index (χ1n) is 6.99. The van der Waals surface area contributed by atoms with Crippen LogP contribution in [0.25, 0.3) is 11.1 Å². The molecule has 0 spiro atoms. The van der Waals surface area contributed by atoms with Crippen LogP contribution in [0.4, 0.5) is 0 Å². The van der Waals surface area contributed by atoms with Crippen LogP contribution >= 0.6 is 27.5 Å². The smallest absolute Gasteiger partial charge is 0.115 e. The first-order valence-corrected chi connectivity index (χ1v) is 8.16. The van der Waals surface area contributed by atoms with Gasteiger partial charge in [0.15, 0.2) is 0 Å². The molecule has 0 aliphatic heterocycles. The fraction of sp³-hybridized carbons (Fsp3) is 0.0526. The molecule has 0 radical (unpaired) electrons. The van der Waals surface area contributed by atoms with E-state index < -0.39 is 4.32 Å². The third kappa shape index (κ3) is 1.84. The summed E-state index contributed by atoms with van der Waals surface area (Å²) in [7, 11) is 0. The fourth-order valence-electron chi connectivity index (χ4n) is 3.21. The van der Waals surface area contributed by atoms with Crippen LogP contribution < -0.4 is 0 Å². The molecule has 1 N–H and O–H groups in total. The molecule has 0 heterocycles. The predicted octanol–water partition coefficient (Wildman–Crippen LogP) is 5.71. The normalized spacial score (nSPS) is 18.8. The standard InChI is InChI=1S/C19H12BrClO/c20-19(12-5-7-13(21)8-6-12)17-4-2-1-3-15(17)16-10-9-14(22)11-18(16)19/h1-11,22H. The number of phenolic OH excluding ortho intramolecular Hbond substituents is 1. The molecule has 0 saturated heterocycles. The van der Waals surface area contributed by atoms with Crippen molar-refractivity contribution in [3.05, 3.63) is 88.4 Å². The summed E-state index contributed by atoms with van der Waals surface area (Å²) in [4.78, 5) is 0. The highest BCUT2D eigenvalue weighted by Crippen LogP contribution is 2.56. The minimum atomic E-state index is -0.470. The van der Waals surface area contributed by atoms with Crippen molar-refractivity contribution in [1.29, 1.82) is 0 Å². The van der Waals surface area contributed by atoms with E-state index in [9.17, 15) is 5.11 Å². The summed E-state index contributed by atoms with van der Waals surface area (Å²) in [5.41, 5.74) is 5.65. The Morgan fingerprint density at radius 2 is 1.50 bits per heavy atom. The molecule has 0 amide bonds. The minimum absolute atomic E-state index is 0.268. The molecule has 1 atom stereocenters. The van der Waals surface area contributed by atoms with Crippen LogP contribution in [-0.4, -0.2) is 5.11 Å². The molecule has 1 unspecified atom stereocenters. The predicted molar refractivity (Wildman–Crippen MR) is 93.8 cm³/mol. The van der Waals surface area contributed by atoms with Crippen molar-refractivity contribution in [3.63, 3.8) is 0 Å². The van der Waals surface area contributed by atoms with Crippen LogP contribution in [0.2, 0.25) is 5.02 Å². The molecule has 3 heteroatoms. The third-order valence-corrected chi connectivity index (χ3v) is 5.77. The number of halogens is 2. The van der Waals surface area contributed by atoms with Gasteiger partial charge in [-0.15, -0.1) is 0 Å². The molecule has 3 aromatic carbocycles. The maximum Gasteiger partial charge on any atom is 0.115 e. The van der Waals surface area contributed by atoms with Gasteiger partial charge in [0.05, 0.1) is 0 Å². The van der Waals surface area contributed by atoms with Gasteiger partial charge in [-0.2, -0.15) is 0 Å². The second-order valence-electron chi connectivity index (χ2n) is 5.44. The van der Waals surface area contributed by atoms with Crippen molar-refractivity contribution in [1.82, 2.24) is 0 Å². The number of hydrogen-bond acceptors (Lipinski definition) is 1. The van der Waals surface area contributed by atoms with Crippen molar-refractivity contribution in [3.8, 4) is 16.9 Å². The molecule has 1 aliphatic carbocycles. The molecule has 1 aliphatic rings. The molecular weight excluding hydrogens is 360 g/mol. The fourth-order valence-corrected chi connectivity index (χ4v) is 4.27. The summed E-state index contributed by atoms with van der Waals surface area (Å²) in [6.45, 7) is 0.